The van der Waals surface area contributed by atoms with Gasteiger partial charge in [-0.1, -0.05) is 19.1 Å². The van der Waals surface area contributed by atoms with Gasteiger partial charge in [0.05, 0.1) is 17.1 Å². The third-order valence-electron chi connectivity index (χ3n) is 3.01. The van der Waals surface area contributed by atoms with Gasteiger partial charge in [-0.3, -0.25) is 14.9 Å². The van der Waals surface area contributed by atoms with Crippen LogP contribution in [0.2, 0.25) is 0 Å². The Morgan fingerprint density at radius 3 is 2.50 bits per heavy atom. The van der Waals surface area contributed by atoms with Gasteiger partial charge >= 0.3 is 0 Å². The lowest BCUT2D eigenvalue weighted by atomic mass is 10.2. The van der Waals surface area contributed by atoms with Crippen LogP contribution in [0.1, 0.15) is 24.0 Å². The van der Waals surface area contributed by atoms with Crippen molar-refractivity contribution >= 4 is 0 Å². The Bertz CT molecular complexity index is 513. The first-order chi connectivity index (χ1) is 9.78. The van der Waals surface area contributed by atoms with Gasteiger partial charge < -0.3 is 5.32 Å². The normalized spacial score (nSPS) is 10.9. The van der Waals surface area contributed by atoms with Gasteiger partial charge in [-0.05, 0) is 37.9 Å². The lowest BCUT2D eigenvalue weighted by molar-refractivity contribution is 0.311. The molecule has 0 fully saturated rings. The zero-order chi connectivity index (χ0) is 14.2. The molecule has 2 rings (SSSR count). The van der Waals surface area contributed by atoms with Crippen molar-refractivity contribution in [3.05, 3.63) is 59.7 Å². The summed E-state index contributed by atoms with van der Waals surface area (Å²) in [6.45, 7) is 5.56. The molecule has 2 aromatic heterocycles. The van der Waals surface area contributed by atoms with Crippen molar-refractivity contribution in [1.82, 2.24) is 20.2 Å². The molecule has 0 aromatic carbocycles. The van der Waals surface area contributed by atoms with Crippen molar-refractivity contribution in [2.24, 2.45) is 0 Å². The first-order valence-corrected chi connectivity index (χ1v) is 7.02. The maximum absolute atomic E-state index is 4.67. The monoisotopic (exact) mass is 270 g/mol. The molecule has 0 amide bonds. The minimum Gasteiger partial charge on any atom is -0.311 e. The number of pyridine rings is 2. The zero-order valence-electron chi connectivity index (χ0n) is 12.2. The van der Waals surface area contributed by atoms with Crippen LogP contribution in [0.5, 0.6) is 0 Å². The summed E-state index contributed by atoms with van der Waals surface area (Å²) in [6.07, 6.45) is 1.83. The molecule has 0 aliphatic rings. The number of nitrogens with zero attached hydrogens (tertiary/aromatic N) is 3. The fourth-order valence-electron chi connectivity index (χ4n) is 2.07. The Morgan fingerprint density at radius 1 is 1.00 bits per heavy atom. The average Bonchev–Trinajstić information content (AvgIpc) is 2.46. The van der Waals surface area contributed by atoms with Gasteiger partial charge in [0.25, 0.3) is 0 Å². The van der Waals surface area contributed by atoms with Crippen molar-refractivity contribution in [2.75, 3.05) is 13.6 Å². The quantitative estimate of drug-likeness (QED) is 0.837. The largest absolute Gasteiger partial charge is 0.311 e. The van der Waals surface area contributed by atoms with Crippen molar-refractivity contribution in [3.8, 4) is 0 Å². The summed E-state index contributed by atoms with van der Waals surface area (Å²) >= 11 is 0. The number of rotatable bonds is 7. The van der Waals surface area contributed by atoms with Crippen LogP contribution in [0, 0.1) is 0 Å². The highest BCUT2D eigenvalue weighted by molar-refractivity contribution is 5.11. The molecule has 20 heavy (non-hydrogen) atoms. The Hall–Kier alpha value is -1.78. The molecule has 0 aliphatic carbocycles. The Balaban J connectivity index is 1.92. The number of hydrogen-bond donors (Lipinski definition) is 1. The maximum atomic E-state index is 4.67. The second-order valence-electron chi connectivity index (χ2n) is 4.89. The fourth-order valence-corrected chi connectivity index (χ4v) is 2.07. The fraction of sp³-hybridized carbons (Fsp3) is 0.375. The van der Waals surface area contributed by atoms with Crippen molar-refractivity contribution in [2.45, 2.75) is 26.6 Å². The zero-order valence-corrected chi connectivity index (χ0v) is 12.2. The van der Waals surface area contributed by atoms with E-state index in [-0.39, 0.29) is 0 Å². The molecule has 0 bridgehead atoms. The molecule has 0 atom stereocenters. The van der Waals surface area contributed by atoms with Crippen LogP contribution >= 0.6 is 0 Å². The van der Waals surface area contributed by atoms with E-state index < -0.39 is 0 Å². The summed E-state index contributed by atoms with van der Waals surface area (Å²) in [5.74, 6) is 0. The van der Waals surface area contributed by atoms with E-state index in [9.17, 15) is 0 Å². The van der Waals surface area contributed by atoms with Crippen LogP contribution in [0.25, 0.3) is 0 Å². The van der Waals surface area contributed by atoms with Gasteiger partial charge in [0.15, 0.2) is 0 Å². The minimum absolute atomic E-state index is 0.828. The van der Waals surface area contributed by atoms with Gasteiger partial charge in [0, 0.05) is 25.8 Å². The molecule has 2 aromatic rings. The summed E-state index contributed by atoms with van der Waals surface area (Å²) in [6, 6.07) is 12.2. The summed E-state index contributed by atoms with van der Waals surface area (Å²) < 4.78 is 0. The second-order valence-corrected chi connectivity index (χ2v) is 4.89. The van der Waals surface area contributed by atoms with Crippen LogP contribution in [-0.2, 0) is 19.6 Å². The Morgan fingerprint density at radius 2 is 1.75 bits per heavy atom. The number of hydrogen-bond acceptors (Lipinski definition) is 4. The molecule has 0 radical (unpaired) electrons. The van der Waals surface area contributed by atoms with E-state index in [0.29, 0.717) is 0 Å². The molecular formula is C16H22N4. The highest BCUT2D eigenvalue weighted by Gasteiger charge is 2.04. The summed E-state index contributed by atoms with van der Waals surface area (Å²) in [4.78, 5) is 11.2. The van der Waals surface area contributed by atoms with Crippen LogP contribution in [0.3, 0.4) is 0 Å². The maximum Gasteiger partial charge on any atom is 0.0547 e. The highest BCUT2D eigenvalue weighted by Crippen LogP contribution is 2.06. The van der Waals surface area contributed by atoms with Crippen LogP contribution in [-0.4, -0.2) is 28.5 Å². The average molecular weight is 270 g/mol. The molecule has 0 unspecified atom stereocenters. The second kappa shape index (κ2) is 7.72. The molecule has 0 saturated carbocycles. The van der Waals surface area contributed by atoms with Crippen molar-refractivity contribution in [3.63, 3.8) is 0 Å². The lowest BCUT2D eigenvalue weighted by Gasteiger charge is -2.16. The van der Waals surface area contributed by atoms with Gasteiger partial charge in [-0.15, -0.1) is 0 Å². The summed E-state index contributed by atoms with van der Waals surface area (Å²) in [5.41, 5.74) is 3.27. The van der Waals surface area contributed by atoms with E-state index >= 15 is 0 Å². The van der Waals surface area contributed by atoms with Crippen molar-refractivity contribution in [1.29, 1.82) is 0 Å². The van der Waals surface area contributed by atoms with Crippen LogP contribution < -0.4 is 5.32 Å². The number of nitrogens with one attached hydrogen (secondary N) is 1. The third kappa shape index (κ3) is 4.72. The van der Waals surface area contributed by atoms with Crippen molar-refractivity contribution < 1.29 is 0 Å². The molecule has 1 N–H and O–H groups in total. The minimum atomic E-state index is 0.828. The Kier molecular flexibility index (Phi) is 5.65. The standard InChI is InChI=1S/C16H22N4/c1-3-17-11-14-8-6-9-16(19-14)13-20(2)12-15-7-4-5-10-18-15/h4-10,17H,3,11-13H2,1-2H3. The van der Waals surface area contributed by atoms with Crippen LogP contribution in [0.4, 0.5) is 0 Å². The lowest BCUT2D eigenvalue weighted by Crippen LogP contribution is -2.19. The van der Waals surface area contributed by atoms with E-state index in [1.807, 2.05) is 24.4 Å². The first-order valence-electron chi connectivity index (χ1n) is 7.02. The SMILES string of the molecule is CCNCc1cccc(CN(C)Cc2ccccn2)n1. The van der Waals surface area contributed by atoms with E-state index in [0.717, 1.165) is 43.3 Å². The predicted molar refractivity (Wildman–Crippen MR) is 81.0 cm³/mol. The molecule has 4 heteroatoms. The van der Waals surface area contributed by atoms with E-state index in [4.69, 9.17) is 0 Å². The van der Waals surface area contributed by atoms with Gasteiger partial charge in [-0.2, -0.15) is 0 Å². The smallest absolute Gasteiger partial charge is 0.0547 e. The molecular weight excluding hydrogens is 248 g/mol. The third-order valence-corrected chi connectivity index (χ3v) is 3.01. The molecule has 106 valence electrons. The summed E-state index contributed by atoms with van der Waals surface area (Å²) in [7, 11) is 2.09. The molecule has 2 heterocycles. The van der Waals surface area contributed by atoms with E-state index in [2.05, 4.69) is 52.4 Å². The van der Waals surface area contributed by atoms with Gasteiger partial charge in [0.1, 0.15) is 0 Å². The molecule has 0 spiro atoms. The molecule has 0 saturated heterocycles. The van der Waals surface area contributed by atoms with Gasteiger partial charge in [0.2, 0.25) is 0 Å². The Labute approximate surface area is 120 Å². The van der Waals surface area contributed by atoms with Gasteiger partial charge in [-0.25, -0.2) is 0 Å². The topological polar surface area (TPSA) is 41.0 Å². The summed E-state index contributed by atoms with van der Waals surface area (Å²) in [5, 5.41) is 3.30. The predicted octanol–water partition coefficient (Wildman–Crippen LogP) is 2.22. The molecule has 4 nitrogen and oxygen atoms in total. The highest BCUT2D eigenvalue weighted by atomic mass is 15.1. The molecule has 0 aliphatic heterocycles. The van der Waals surface area contributed by atoms with Crippen LogP contribution in [0.15, 0.2) is 42.6 Å². The van der Waals surface area contributed by atoms with E-state index in [1.54, 1.807) is 0 Å². The first kappa shape index (κ1) is 14.6. The van der Waals surface area contributed by atoms with E-state index in [1.165, 1.54) is 0 Å². The number of aromatic nitrogens is 2.